The minimum Gasteiger partial charge on any atom is -0.309 e. The van der Waals surface area contributed by atoms with Crippen LogP contribution in [0.3, 0.4) is 0 Å². The van der Waals surface area contributed by atoms with Gasteiger partial charge in [0, 0.05) is 44.5 Å². The molecule has 1 heteroatoms. The quantitative estimate of drug-likeness (QED) is 0.178. The van der Waals surface area contributed by atoms with E-state index in [9.17, 15) is 0 Å². The Balaban J connectivity index is 1.21. The Kier molecular flexibility index (Phi) is 6.32. The number of rotatable bonds is 3. The highest BCUT2D eigenvalue weighted by Gasteiger charge is 2.43. The monoisotopic (exact) mass is 695 g/mol. The van der Waals surface area contributed by atoms with Crippen molar-refractivity contribution in [3.63, 3.8) is 0 Å². The van der Waals surface area contributed by atoms with Gasteiger partial charge in [0.1, 0.15) is 0 Å². The van der Waals surface area contributed by atoms with Crippen molar-refractivity contribution in [1.29, 1.82) is 0 Å². The third kappa shape index (κ3) is 4.10. The van der Waals surface area contributed by atoms with Gasteiger partial charge < -0.3 is 4.90 Å². The molecule has 0 heterocycles. The van der Waals surface area contributed by atoms with Gasteiger partial charge in [-0.2, -0.15) is 0 Å². The van der Waals surface area contributed by atoms with Crippen molar-refractivity contribution in [2.24, 2.45) is 0 Å². The first kappa shape index (κ1) is 31.8. The van der Waals surface area contributed by atoms with Crippen LogP contribution in [0, 0.1) is 0 Å². The third-order valence-corrected chi connectivity index (χ3v) is 13.8. The van der Waals surface area contributed by atoms with E-state index < -0.39 is 0 Å². The lowest BCUT2D eigenvalue weighted by Gasteiger charge is -2.32. The third-order valence-electron chi connectivity index (χ3n) is 13.8. The Morgan fingerprint density at radius 3 is 1.94 bits per heavy atom. The summed E-state index contributed by atoms with van der Waals surface area (Å²) in [6.07, 6.45) is 8.05. The smallest absolute Gasteiger partial charge is 0.0621 e. The predicted octanol–water partition coefficient (Wildman–Crippen LogP) is 14.3. The van der Waals surface area contributed by atoms with E-state index in [2.05, 4.69) is 192 Å². The van der Waals surface area contributed by atoms with Gasteiger partial charge in [-0.05, 0) is 115 Å². The zero-order valence-corrected chi connectivity index (χ0v) is 32.1. The van der Waals surface area contributed by atoms with E-state index in [-0.39, 0.29) is 16.2 Å². The van der Waals surface area contributed by atoms with Crippen LogP contribution in [0.4, 0.5) is 17.1 Å². The molecule has 262 valence electrons. The summed E-state index contributed by atoms with van der Waals surface area (Å²) in [6, 6.07) is 49.0. The fourth-order valence-electron chi connectivity index (χ4n) is 10.9. The summed E-state index contributed by atoms with van der Waals surface area (Å²) in [5.74, 6) is 0.451. The second-order valence-corrected chi connectivity index (χ2v) is 17.7. The first-order valence-corrected chi connectivity index (χ1v) is 19.7. The van der Waals surface area contributed by atoms with Gasteiger partial charge in [-0.15, -0.1) is 0 Å². The van der Waals surface area contributed by atoms with E-state index in [4.69, 9.17) is 0 Å². The maximum Gasteiger partial charge on any atom is 0.0621 e. The van der Waals surface area contributed by atoms with Gasteiger partial charge in [-0.3, -0.25) is 0 Å². The Bertz CT molecular complexity index is 2840. The van der Waals surface area contributed by atoms with E-state index in [0.717, 1.165) is 6.42 Å². The molecule has 0 N–H and O–H groups in total. The van der Waals surface area contributed by atoms with Crippen molar-refractivity contribution < 1.29 is 0 Å². The fraction of sp³-hybridized carbons (Fsp3) is 0.208. The molecule has 1 unspecified atom stereocenters. The number of nitrogens with zero attached hydrogens (tertiary/aromatic N) is 1. The van der Waals surface area contributed by atoms with E-state index in [1.807, 2.05) is 0 Å². The summed E-state index contributed by atoms with van der Waals surface area (Å²) in [5.41, 5.74) is 18.8. The SMILES string of the molecule is CC1(C)C2=CC=CCC2c2ccc(N(c3ccc4c(c3)C(C)(C)c3cc5ccccc5cc3-4)c3c4c(cc5ccccc35)C(C)(C)c3ccccc3-4)cc21. The van der Waals surface area contributed by atoms with Crippen molar-refractivity contribution >= 4 is 38.6 Å². The van der Waals surface area contributed by atoms with Crippen molar-refractivity contribution in [1.82, 2.24) is 0 Å². The molecule has 0 fully saturated rings. The first-order chi connectivity index (χ1) is 26.0. The van der Waals surface area contributed by atoms with Crippen molar-refractivity contribution in [3.05, 3.63) is 185 Å². The maximum absolute atomic E-state index is 2.63. The minimum absolute atomic E-state index is 0.0503. The van der Waals surface area contributed by atoms with Gasteiger partial charge in [-0.25, -0.2) is 0 Å². The number of benzene rings is 7. The number of fused-ring (bicyclic) bond motifs is 11. The molecule has 0 saturated heterocycles. The van der Waals surface area contributed by atoms with Crippen LogP contribution < -0.4 is 4.90 Å². The molecular formula is C53H45N. The Morgan fingerprint density at radius 2 is 1.13 bits per heavy atom. The molecule has 4 aliphatic rings. The van der Waals surface area contributed by atoms with Crippen LogP contribution >= 0.6 is 0 Å². The van der Waals surface area contributed by atoms with Crippen LogP contribution in [0.15, 0.2) is 151 Å². The lowest BCUT2D eigenvalue weighted by Crippen LogP contribution is -2.19. The maximum atomic E-state index is 2.63. The summed E-state index contributed by atoms with van der Waals surface area (Å²) in [7, 11) is 0. The summed E-state index contributed by atoms with van der Waals surface area (Å²) in [6.45, 7) is 14.5. The first-order valence-electron chi connectivity index (χ1n) is 19.7. The minimum atomic E-state index is -0.152. The molecule has 0 saturated carbocycles. The highest BCUT2D eigenvalue weighted by molar-refractivity contribution is 6.10. The fourth-order valence-corrected chi connectivity index (χ4v) is 10.9. The molecule has 0 aliphatic heterocycles. The number of hydrogen-bond acceptors (Lipinski definition) is 1. The second kappa shape index (κ2) is 10.7. The van der Waals surface area contributed by atoms with Crippen LogP contribution in [0.2, 0.25) is 0 Å². The second-order valence-electron chi connectivity index (χ2n) is 17.7. The molecule has 54 heavy (non-hydrogen) atoms. The molecule has 4 aliphatic carbocycles. The van der Waals surface area contributed by atoms with Gasteiger partial charge in [0.25, 0.3) is 0 Å². The van der Waals surface area contributed by atoms with Crippen LogP contribution in [-0.4, -0.2) is 0 Å². The average Bonchev–Trinajstić information content (AvgIpc) is 3.66. The molecule has 7 aromatic rings. The lowest BCUT2D eigenvalue weighted by atomic mass is 9.79. The molecule has 0 radical (unpaired) electrons. The van der Waals surface area contributed by atoms with Crippen molar-refractivity contribution in [3.8, 4) is 22.3 Å². The zero-order chi connectivity index (χ0) is 36.7. The lowest BCUT2D eigenvalue weighted by molar-refractivity contribution is 0.612. The van der Waals surface area contributed by atoms with E-state index in [1.165, 1.54) is 99.8 Å². The molecule has 11 rings (SSSR count). The largest absolute Gasteiger partial charge is 0.309 e. The van der Waals surface area contributed by atoms with Crippen LogP contribution in [0.25, 0.3) is 43.8 Å². The van der Waals surface area contributed by atoms with Gasteiger partial charge in [0.05, 0.1) is 5.69 Å². The Morgan fingerprint density at radius 1 is 0.500 bits per heavy atom. The predicted molar refractivity (Wildman–Crippen MR) is 229 cm³/mol. The summed E-state index contributed by atoms with van der Waals surface area (Å²) >= 11 is 0. The molecule has 0 bridgehead atoms. The van der Waals surface area contributed by atoms with Gasteiger partial charge in [0.2, 0.25) is 0 Å². The normalized spacial score (nSPS) is 18.8. The Hall–Kier alpha value is -5.66. The Labute approximate surface area is 319 Å². The topological polar surface area (TPSA) is 3.24 Å². The van der Waals surface area contributed by atoms with Crippen LogP contribution in [0.1, 0.15) is 87.3 Å². The number of allylic oxidation sites excluding steroid dienone is 4. The van der Waals surface area contributed by atoms with Crippen molar-refractivity contribution in [2.45, 2.75) is 70.1 Å². The molecule has 1 atom stereocenters. The van der Waals surface area contributed by atoms with Gasteiger partial charge in [0.15, 0.2) is 0 Å². The molecule has 7 aromatic carbocycles. The molecule has 1 nitrogen and oxygen atoms in total. The number of hydrogen-bond donors (Lipinski definition) is 0. The van der Waals surface area contributed by atoms with Crippen LogP contribution in [0.5, 0.6) is 0 Å². The zero-order valence-electron chi connectivity index (χ0n) is 32.1. The highest BCUT2D eigenvalue weighted by Crippen LogP contribution is 2.59. The van der Waals surface area contributed by atoms with Gasteiger partial charge >= 0.3 is 0 Å². The molecule has 0 spiro atoms. The standard InChI is InChI=1S/C53H45N/c1-51(2)43-21-13-11-19-38(43)39-25-23-35(30-46(39)51)54(36-24-26-40-42-27-32-15-7-8-16-33(32)28-45(42)53(5,6)47(40)31-36)50-37-18-10-9-17-34(37)29-48-49(50)41-20-12-14-22-44(41)52(48,3)4/h7-18,20-31,38H,19H2,1-6H3. The van der Waals surface area contributed by atoms with Crippen LogP contribution in [-0.2, 0) is 16.2 Å². The summed E-state index contributed by atoms with van der Waals surface area (Å²) < 4.78 is 0. The molecular weight excluding hydrogens is 651 g/mol. The van der Waals surface area contributed by atoms with E-state index in [0.29, 0.717) is 5.92 Å². The van der Waals surface area contributed by atoms with Gasteiger partial charge in [-0.1, -0.05) is 150 Å². The molecule has 0 aromatic heterocycles. The highest BCUT2D eigenvalue weighted by atomic mass is 15.1. The summed E-state index contributed by atoms with van der Waals surface area (Å²) in [5, 5.41) is 5.16. The number of anilines is 3. The van der Waals surface area contributed by atoms with E-state index >= 15 is 0 Å². The van der Waals surface area contributed by atoms with Crippen molar-refractivity contribution in [2.75, 3.05) is 4.90 Å². The summed E-state index contributed by atoms with van der Waals surface area (Å²) in [4.78, 5) is 2.63. The average molecular weight is 696 g/mol. The molecule has 0 amide bonds. The van der Waals surface area contributed by atoms with E-state index in [1.54, 1.807) is 0 Å².